The summed E-state index contributed by atoms with van der Waals surface area (Å²) in [7, 11) is 0. The van der Waals surface area contributed by atoms with Gasteiger partial charge in [-0.25, -0.2) is 9.78 Å². The Kier molecular flexibility index (Phi) is 5.75. The van der Waals surface area contributed by atoms with Crippen molar-refractivity contribution in [1.82, 2.24) is 4.98 Å². The molecule has 5 nitrogen and oxygen atoms in total. The molecule has 26 heavy (non-hydrogen) atoms. The summed E-state index contributed by atoms with van der Waals surface area (Å²) in [5, 5.41) is 3.84. The van der Waals surface area contributed by atoms with Gasteiger partial charge in [0.25, 0.3) is 5.91 Å². The second kappa shape index (κ2) is 8.21. The average molecular weight is 387 g/mol. The molecule has 0 aliphatic rings. The molecular formula is C19H15ClN2O3S. The zero-order chi connectivity index (χ0) is 18.5. The molecule has 0 radical (unpaired) electrons. The van der Waals surface area contributed by atoms with E-state index >= 15 is 0 Å². The molecule has 0 saturated heterocycles. The number of halogens is 1. The Morgan fingerprint density at radius 2 is 1.88 bits per heavy atom. The fourth-order valence-electron chi connectivity index (χ4n) is 2.31. The minimum atomic E-state index is -0.574. The maximum atomic E-state index is 12.1. The number of nitrogens with zero attached hydrogens (tertiary/aromatic N) is 1. The molecule has 3 aromatic rings. The zero-order valence-electron chi connectivity index (χ0n) is 13.9. The van der Waals surface area contributed by atoms with Gasteiger partial charge in [0, 0.05) is 16.0 Å². The van der Waals surface area contributed by atoms with Crippen LogP contribution in [0.2, 0.25) is 5.15 Å². The van der Waals surface area contributed by atoms with Gasteiger partial charge in [0.05, 0.1) is 11.1 Å². The van der Waals surface area contributed by atoms with Crippen LogP contribution >= 0.6 is 23.4 Å². The number of pyridine rings is 1. The number of nitrogens with one attached hydrogen (secondary N) is 1. The Labute approximate surface area is 159 Å². The normalized spacial score (nSPS) is 10.5. The Bertz CT molecular complexity index is 961. The number of ether oxygens (including phenoxy) is 1. The third kappa shape index (κ3) is 4.53. The predicted octanol–water partition coefficient (Wildman–Crippen LogP) is 4.41. The van der Waals surface area contributed by atoms with E-state index < -0.39 is 11.9 Å². The molecule has 132 valence electrons. The lowest BCUT2D eigenvalue weighted by molar-refractivity contribution is -0.119. The first-order valence-corrected chi connectivity index (χ1v) is 9.33. The summed E-state index contributed by atoms with van der Waals surface area (Å²) >= 11 is 7.46. The highest BCUT2D eigenvalue weighted by atomic mass is 35.5. The summed E-state index contributed by atoms with van der Waals surface area (Å²) in [6, 6.07) is 15.8. The van der Waals surface area contributed by atoms with Gasteiger partial charge in [0.1, 0.15) is 5.15 Å². The quantitative estimate of drug-likeness (QED) is 0.399. The van der Waals surface area contributed by atoms with E-state index in [1.54, 1.807) is 54.2 Å². The van der Waals surface area contributed by atoms with Crippen molar-refractivity contribution in [3.63, 3.8) is 0 Å². The highest BCUT2D eigenvalue weighted by Gasteiger charge is 2.11. The van der Waals surface area contributed by atoms with Crippen molar-refractivity contribution in [2.45, 2.75) is 4.90 Å². The number of hydrogen-bond donors (Lipinski definition) is 1. The monoisotopic (exact) mass is 386 g/mol. The number of fused-ring (bicyclic) bond motifs is 1. The number of aromatic nitrogens is 1. The minimum absolute atomic E-state index is 0.346. The van der Waals surface area contributed by atoms with Crippen LogP contribution in [0.1, 0.15) is 10.4 Å². The molecule has 0 bridgehead atoms. The molecule has 3 rings (SSSR count). The SMILES string of the molecule is CSc1ccc(NC(=O)COC(=O)c2ccc3nc(Cl)ccc3c2)cc1. The number of benzene rings is 2. The van der Waals surface area contributed by atoms with Gasteiger partial charge in [-0.3, -0.25) is 4.79 Å². The molecule has 1 heterocycles. The predicted molar refractivity (Wildman–Crippen MR) is 104 cm³/mol. The van der Waals surface area contributed by atoms with Crippen molar-refractivity contribution in [3.8, 4) is 0 Å². The number of rotatable bonds is 5. The molecular weight excluding hydrogens is 372 g/mol. The van der Waals surface area contributed by atoms with Gasteiger partial charge in [-0.05, 0) is 60.9 Å². The van der Waals surface area contributed by atoms with Crippen molar-refractivity contribution in [2.75, 3.05) is 18.2 Å². The molecule has 1 aromatic heterocycles. The van der Waals surface area contributed by atoms with Crippen molar-refractivity contribution in [1.29, 1.82) is 0 Å². The lowest BCUT2D eigenvalue weighted by Gasteiger charge is -2.08. The van der Waals surface area contributed by atoms with Gasteiger partial charge in [0.2, 0.25) is 0 Å². The smallest absolute Gasteiger partial charge is 0.338 e. The van der Waals surface area contributed by atoms with E-state index in [0.717, 1.165) is 10.3 Å². The molecule has 0 fully saturated rings. The molecule has 0 atom stereocenters. The summed E-state index contributed by atoms with van der Waals surface area (Å²) in [5.74, 6) is -0.973. The van der Waals surface area contributed by atoms with E-state index in [1.807, 2.05) is 18.4 Å². The van der Waals surface area contributed by atoms with Crippen LogP contribution in [0, 0.1) is 0 Å². The van der Waals surface area contributed by atoms with Crippen LogP contribution in [0.5, 0.6) is 0 Å². The van der Waals surface area contributed by atoms with Gasteiger partial charge < -0.3 is 10.1 Å². The van der Waals surface area contributed by atoms with Crippen LogP contribution in [0.25, 0.3) is 10.9 Å². The largest absolute Gasteiger partial charge is 0.452 e. The van der Waals surface area contributed by atoms with Gasteiger partial charge in [-0.2, -0.15) is 0 Å². The average Bonchev–Trinajstić information content (AvgIpc) is 2.66. The molecule has 1 N–H and O–H groups in total. The molecule has 0 spiro atoms. The first-order chi connectivity index (χ1) is 12.5. The van der Waals surface area contributed by atoms with Crippen LogP contribution in [0.4, 0.5) is 5.69 Å². The first kappa shape index (κ1) is 18.2. The van der Waals surface area contributed by atoms with Gasteiger partial charge in [0.15, 0.2) is 6.61 Å². The van der Waals surface area contributed by atoms with Crippen molar-refractivity contribution < 1.29 is 14.3 Å². The first-order valence-electron chi connectivity index (χ1n) is 7.72. The second-order valence-electron chi connectivity index (χ2n) is 5.39. The summed E-state index contributed by atoms with van der Waals surface area (Å²) in [6.07, 6.45) is 1.98. The summed E-state index contributed by atoms with van der Waals surface area (Å²) in [6.45, 7) is -0.361. The van der Waals surface area contributed by atoms with E-state index in [-0.39, 0.29) is 6.61 Å². The van der Waals surface area contributed by atoms with Crippen molar-refractivity contribution >= 4 is 51.8 Å². The second-order valence-corrected chi connectivity index (χ2v) is 6.66. The molecule has 1 amide bonds. The Hall–Kier alpha value is -2.57. The Morgan fingerprint density at radius 3 is 2.62 bits per heavy atom. The fraction of sp³-hybridized carbons (Fsp3) is 0.105. The van der Waals surface area contributed by atoms with E-state index in [9.17, 15) is 9.59 Å². The number of hydrogen-bond acceptors (Lipinski definition) is 5. The van der Waals surface area contributed by atoms with E-state index in [1.165, 1.54) is 0 Å². The lowest BCUT2D eigenvalue weighted by atomic mass is 10.1. The van der Waals surface area contributed by atoms with Crippen molar-refractivity contribution in [2.24, 2.45) is 0 Å². The highest BCUT2D eigenvalue weighted by molar-refractivity contribution is 7.98. The third-order valence-electron chi connectivity index (χ3n) is 3.60. The lowest BCUT2D eigenvalue weighted by Crippen LogP contribution is -2.20. The van der Waals surface area contributed by atoms with Crippen molar-refractivity contribution in [3.05, 3.63) is 65.3 Å². The van der Waals surface area contributed by atoms with E-state index in [0.29, 0.717) is 21.9 Å². The maximum Gasteiger partial charge on any atom is 0.338 e. The number of carbonyl (C=O) groups excluding carboxylic acids is 2. The van der Waals surface area contributed by atoms with Crippen LogP contribution in [-0.2, 0) is 9.53 Å². The number of amides is 1. The topological polar surface area (TPSA) is 68.3 Å². The maximum absolute atomic E-state index is 12.1. The van der Waals surface area contributed by atoms with Crippen LogP contribution in [0.15, 0.2) is 59.5 Å². The summed E-state index contributed by atoms with van der Waals surface area (Å²) in [5.41, 5.74) is 1.68. The van der Waals surface area contributed by atoms with Crippen LogP contribution < -0.4 is 5.32 Å². The molecule has 0 aliphatic heterocycles. The molecule has 0 saturated carbocycles. The third-order valence-corrected chi connectivity index (χ3v) is 4.55. The molecule has 7 heteroatoms. The molecule has 2 aromatic carbocycles. The number of esters is 1. The van der Waals surface area contributed by atoms with Crippen LogP contribution in [0.3, 0.4) is 0 Å². The number of thioether (sulfide) groups is 1. The Balaban J connectivity index is 1.59. The zero-order valence-corrected chi connectivity index (χ0v) is 15.4. The summed E-state index contributed by atoms with van der Waals surface area (Å²) < 4.78 is 5.08. The van der Waals surface area contributed by atoms with E-state index in [4.69, 9.17) is 16.3 Å². The van der Waals surface area contributed by atoms with Gasteiger partial charge in [-0.1, -0.05) is 11.6 Å². The van der Waals surface area contributed by atoms with Gasteiger partial charge in [-0.15, -0.1) is 11.8 Å². The standard InChI is InChI=1S/C19H15ClN2O3S/c1-26-15-6-4-14(5-7-15)21-18(23)11-25-19(24)13-2-8-16-12(10-13)3-9-17(20)22-16/h2-10H,11H2,1H3,(H,21,23). The Morgan fingerprint density at radius 1 is 1.12 bits per heavy atom. The van der Waals surface area contributed by atoms with E-state index in [2.05, 4.69) is 10.3 Å². The minimum Gasteiger partial charge on any atom is -0.452 e. The van der Waals surface area contributed by atoms with Gasteiger partial charge >= 0.3 is 5.97 Å². The molecule has 0 unspecified atom stereocenters. The number of anilines is 1. The highest BCUT2D eigenvalue weighted by Crippen LogP contribution is 2.18. The fourth-order valence-corrected chi connectivity index (χ4v) is 2.88. The van der Waals surface area contributed by atoms with Crippen LogP contribution in [-0.4, -0.2) is 29.7 Å². The number of carbonyl (C=O) groups is 2. The molecule has 0 aliphatic carbocycles. The summed E-state index contributed by atoms with van der Waals surface area (Å²) in [4.78, 5) is 29.3.